The second-order valence-corrected chi connectivity index (χ2v) is 10.6. The first-order valence-corrected chi connectivity index (χ1v) is 13.3. The minimum absolute atomic E-state index is 0.112. The van der Waals surface area contributed by atoms with Crippen LogP contribution in [0.15, 0.2) is 59.1 Å². The number of nitrogens with two attached hydrogens (primary N) is 1. The van der Waals surface area contributed by atoms with Gasteiger partial charge in [-0.05, 0) is 68.0 Å². The van der Waals surface area contributed by atoms with Crippen molar-refractivity contribution >= 4 is 17.4 Å². The van der Waals surface area contributed by atoms with Crippen molar-refractivity contribution in [2.75, 3.05) is 22.5 Å². The number of oxazole rings is 1. The summed E-state index contributed by atoms with van der Waals surface area (Å²) in [5.41, 5.74) is 8.09. The molecule has 5 atom stereocenters. The zero-order chi connectivity index (χ0) is 26.3. The average molecular weight is 528 g/mol. The quantitative estimate of drug-likeness (QED) is 0.335. The fourth-order valence-electron chi connectivity index (χ4n) is 6.45. The van der Waals surface area contributed by atoms with Crippen LogP contribution in [0.3, 0.4) is 0 Å². The maximum atomic E-state index is 12.9. The Balaban J connectivity index is 1.14. The van der Waals surface area contributed by atoms with Crippen LogP contribution >= 0.6 is 0 Å². The second kappa shape index (κ2) is 10.1. The summed E-state index contributed by atoms with van der Waals surface area (Å²) in [6.45, 7) is 1.08. The number of nitrogen functional groups attached to an aromatic ring is 1. The topological polar surface area (TPSA) is 88.6 Å². The van der Waals surface area contributed by atoms with Gasteiger partial charge in [-0.3, -0.25) is 0 Å². The third-order valence-electron chi connectivity index (χ3n) is 8.09. The molecule has 2 bridgehead atoms. The van der Waals surface area contributed by atoms with Gasteiger partial charge in [0, 0.05) is 42.1 Å². The maximum absolute atomic E-state index is 12.9. The number of halogens is 3. The molecule has 1 aliphatic heterocycles. The van der Waals surface area contributed by atoms with Gasteiger partial charge in [0.1, 0.15) is 5.75 Å². The summed E-state index contributed by atoms with van der Waals surface area (Å²) in [7, 11) is 0. The third kappa shape index (κ3) is 5.27. The number of hydrogen-bond donors (Lipinski definition) is 3. The van der Waals surface area contributed by atoms with E-state index in [1.165, 1.54) is 42.9 Å². The van der Waals surface area contributed by atoms with Gasteiger partial charge in [-0.15, -0.1) is 13.2 Å². The number of rotatable bonds is 7. The van der Waals surface area contributed by atoms with Gasteiger partial charge in [-0.1, -0.05) is 25.0 Å². The molecule has 6 rings (SSSR count). The Kier molecular flexibility index (Phi) is 6.59. The standard InChI is InChI=1S/C28H32F3N5O2/c29-28(30,31)38-25-8-4-1-5-20(25)26-15-33-27(37-26)35-22-7-3-2-6-21(22)34-23-13-17-14-24(23)36(16-17)19-11-9-18(32)10-12-19/h1,4-5,8-12,15,17,21-24,34H,2-3,6-7,13-14,16,32H2,(H,33,35)/t17-,21-,22-,23+,24-/m1/s1. The molecule has 202 valence electrons. The minimum atomic E-state index is -4.79. The van der Waals surface area contributed by atoms with Gasteiger partial charge in [0.2, 0.25) is 0 Å². The van der Waals surface area contributed by atoms with E-state index in [2.05, 4.69) is 37.4 Å². The molecule has 2 saturated carbocycles. The molecular formula is C28H32F3N5O2. The Labute approximate surface area is 219 Å². The Morgan fingerprint density at radius 3 is 2.50 bits per heavy atom. The maximum Gasteiger partial charge on any atom is 0.573 e. The van der Waals surface area contributed by atoms with E-state index < -0.39 is 6.36 Å². The van der Waals surface area contributed by atoms with Crippen LogP contribution in [0, 0.1) is 5.92 Å². The highest BCUT2D eigenvalue weighted by molar-refractivity contribution is 5.65. The molecule has 3 fully saturated rings. The van der Waals surface area contributed by atoms with E-state index in [-0.39, 0.29) is 29.2 Å². The lowest BCUT2D eigenvalue weighted by Crippen LogP contribution is -2.56. The number of piperidine rings is 1. The van der Waals surface area contributed by atoms with Crippen LogP contribution in [0.25, 0.3) is 11.3 Å². The number of aromatic nitrogens is 1. The molecule has 1 aromatic heterocycles. The van der Waals surface area contributed by atoms with Crippen molar-refractivity contribution in [3.8, 4) is 17.1 Å². The molecule has 7 nitrogen and oxygen atoms in total. The van der Waals surface area contributed by atoms with Crippen molar-refractivity contribution in [1.82, 2.24) is 10.3 Å². The van der Waals surface area contributed by atoms with Gasteiger partial charge in [0.25, 0.3) is 6.01 Å². The van der Waals surface area contributed by atoms with Crippen LogP contribution in [0.4, 0.5) is 30.6 Å². The number of hydrogen-bond acceptors (Lipinski definition) is 7. The van der Waals surface area contributed by atoms with E-state index in [4.69, 9.17) is 10.2 Å². The zero-order valence-corrected chi connectivity index (χ0v) is 21.0. The van der Waals surface area contributed by atoms with Crippen LogP contribution in [-0.2, 0) is 0 Å². The second-order valence-electron chi connectivity index (χ2n) is 10.6. The van der Waals surface area contributed by atoms with Gasteiger partial charge in [-0.25, -0.2) is 4.98 Å². The van der Waals surface area contributed by atoms with Gasteiger partial charge in [0.15, 0.2) is 5.76 Å². The summed E-state index contributed by atoms with van der Waals surface area (Å²) in [5, 5.41) is 7.39. The molecule has 0 amide bonds. The summed E-state index contributed by atoms with van der Waals surface area (Å²) in [6, 6.07) is 15.6. The molecule has 0 spiro atoms. The van der Waals surface area contributed by atoms with Crippen LogP contribution < -0.4 is 26.0 Å². The number of para-hydroxylation sites is 1. The number of nitrogens with zero attached hydrogens (tertiary/aromatic N) is 2. The number of nitrogens with one attached hydrogen (secondary N) is 2. The molecule has 3 aliphatic rings. The molecular weight excluding hydrogens is 495 g/mol. The average Bonchev–Trinajstić information content (AvgIpc) is 3.62. The number of fused-ring (bicyclic) bond motifs is 2. The lowest BCUT2D eigenvalue weighted by Gasteiger charge is -2.40. The van der Waals surface area contributed by atoms with Crippen molar-refractivity contribution < 1.29 is 22.3 Å². The molecule has 38 heavy (non-hydrogen) atoms. The van der Waals surface area contributed by atoms with Crippen molar-refractivity contribution in [2.45, 2.75) is 69.1 Å². The number of ether oxygens (including phenoxy) is 1. The highest BCUT2D eigenvalue weighted by Gasteiger charge is 2.46. The van der Waals surface area contributed by atoms with Crippen molar-refractivity contribution in [3.05, 3.63) is 54.7 Å². The monoisotopic (exact) mass is 527 g/mol. The lowest BCUT2D eigenvalue weighted by atomic mass is 9.89. The number of benzene rings is 2. The molecule has 3 aromatic rings. The van der Waals surface area contributed by atoms with E-state index in [1.807, 2.05) is 12.1 Å². The predicted octanol–water partition coefficient (Wildman–Crippen LogP) is 5.80. The summed E-state index contributed by atoms with van der Waals surface area (Å²) in [4.78, 5) is 6.84. The fraction of sp³-hybridized carbons (Fsp3) is 0.464. The normalized spacial score (nSPS) is 27.0. The molecule has 4 N–H and O–H groups in total. The van der Waals surface area contributed by atoms with Crippen LogP contribution in [0.2, 0.25) is 0 Å². The summed E-state index contributed by atoms with van der Waals surface area (Å²) >= 11 is 0. The predicted molar refractivity (Wildman–Crippen MR) is 140 cm³/mol. The van der Waals surface area contributed by atoms with E-state index >= 15 is 0 Å². The smallest absolute Gasteiger partial charge is 0.423 e. The Hall–Kier alpha value is -3.40. The van der Waals surface area contributed by atoms with Crippen LogP contribution in [-0.4, -0.2) is 42.1 Å². The Morgan fingerprint density at radius 2 is 1.74 bits per heavy atom. The van der Waals surface area contributed by atoms with Crippen molar-refractivity contribution in [1.29, 1.82) is 0 Å². The van der Waals surface area contributed by atoms with Crippen molar-refractivity contribution in [3.63, 3.8) is 0 Å². The summed E-state index contributed by atoms with van der Waals surface area (Å²) < 4.78 is 48.6. The van der Waals surface area contributed by atoms with Gasteiger partial charge in [0.05, 0.1) is 11.8 Å². The molecule has 1 saturated heterocycles. The molecule has 10 heteroatoms. The van der Waals surface area contributed by atoms with Crippen LogP contribution in [0.5, 0.6) is 5.75 Å². The Bertz CT molecular complexity index is 1250. The fourth-order valence-corrected chi connectivity index (χ4v) is 6.45. The van der Waals surface area contributed by atoms with E-state index in [0.717, 1.165) is 37.9 Å². The van der Waals surface area contributed by atoms with Gasteiger partial charge in [-0.2, -0.15) is 0 Å². The first kappa shape index (κ1) is 24.9. The van der Waals surface area contributed by atoms with Gasteiger partial charge < -0.3 is 30.4 Å². The number of anilines is 3. The van der Waals surface area contributed by atoms with E-state index in [1.54, 1.807) is 6.07 Å². The first-order chi connectivity index (χ1) is 18.3. The van der Waals surface area contributed by atoms with Gasteiger partial charge >= 0.3 is 6.36 Å². The minimum Gasteiger partial charge on any atom is -0.423 e. The SMILES string of the molecule is Nc1ccc(N2C[C@@H]3C[C@H](N[C@@H]4CCCC[C@H]4Nc4ncc(-c5ccccc5OC(F)(F)F)o4)[C@H]2C3)cc1. The third-order valence-corrected chi connectivity index (χ3v) is 8.09. The first-order valence-electron chi connectivity index (χ1n) is 13.3. The molecule has 2 heterocycles. The highest BCUT2D eigenvalue weighted by atomic mass is 19.4. The molecule has 0 radical (unpaired) electrons. The van der Waals surface area contributed by atoms with E-state index in [0.29, 0.717) is 24.0 Å². The highest BCUT2D eigenvalue weighted by Crippen LogP contribution is 2.41. The number of alkyl halides is 3. The summed E-state index contributed by atoms with van der Waals surface area (Å²) in [6.07, 6.45) is 3.26. The van der Waals surface area contributed by atoms with Crippen LogP contribution in [0.1, 0.15) is 38.5 Å². The molecule has 0 unspecified atom stereocenters. The molecule has 2 aromatic carbocycles. The molecule has 2 aliphatic carbocycles. The Morgan fingerprint density at radius 1 is 0.974 bits per heavy atom. The zero-order valence-electron chi connectivity index (χ0n) is 21.0. The lowest BCUT2D eigenvalue weighted by molar-refractivity contribution is -0.274. The largest absolute Gasteiger partial charge is 0.573 e. The van der Waals surface area contributed by atoms with Crippen molar-refractivity contribution in [2.24, 2.45) is 5.92 Å². The van der Waals surface area contributed by atoms with E-state index in [9.17, 15) is 13.2 Å². The summed E-state index contributed by atoms with van der Waals surface area (Å²) in [5.74, 6) is 0.583.